The van der Waals surface area contributed by atoms with E-state index in [4.69, 9.17) is 0 Å². The van der Waals surface area contributed by atoms with Gasteiger partial charge in [0, 0.05) is 5.41 Å². The topological polar surface area (TPSA) is 0 Å². The normalized spacial score (nSPS) is 52.2. The average molecular weight is 152 g/mol. The molecule has 0 saturated heterocycles. The van der Waals surface area contributed by atoms with Gasteiger partial charge in [0.2, 0.25) is 0 Å². The van der Waals surface area contributed by atoms with Crippen molar-refractivity contribution in [1.29, 1.82) is 0 Å². The van der Waals surface area contributed by atoms with Crippen LogP contribution in [0, 0.1) is 5.41 Å². The zero-order chi connectivity index (χ0) is 8.15. The molecule has 1 saturated carbocycles. The van der Waals surface area contributed by atoms with Crippen molar-refractivity contribution in [2.75, 3.05) is 0 Å². The Hall–Kier alpha value is -0.210. The lowest BCUT2D eigenvalue weighted by Crippen LogP contribution is -2.67. The highest BCUT2D eigenvalue weighted by molar-refractivity contribution is 5.14. The van der Waals surface area contributed by atoms with Gasteiger partial charge in [-0.2, -0.15) is 0 Å². The molecule has 0 spiro atoms. The fraction of sp³-hybridized carbons (Fsp3) is 1.00. The summed E-state index contributed by atoms with van der Waals surface area (Å²) in [5, 5.41) is 0. The lowest BCUT2D eigenvalue weighted by Gasteiger charge is -2.53. The SMILES string of the molecule is CC1(C)C(F)C(F)C1(C)F. The zero-order valence-electron chi connectivity index (χ0n) is 6.29. The van der Waals surface area contributed by atoms with Crippen LogP contribution in [0.4, 0.5) is 13.2 Å². The van der Waals surface area contributed by atoms with Gasteiger partial charge in [-0.1, -0.05) is 13.8 Å². The molecule has 0 amide bonds. The van der Waals surface area contributed by atoms with Crippen LogP contribution in [0.15, 0.2) is 0 Å². The van der Waals surface area contributed by atoms with Gasteiger partial charge in [0.15, 0.2) is 6.17 Å². The second kappa shape index (κ2) is 1.69. The van der Waals surface area contributed by atoms with E-state index in [0.29, 0.717) is 0 Å². The Labute approximate surface area is 58.4 Å². The summed E-state index contributed by atoms with van der Waals surface area (Å²) in [7, 11) is 0. The van der Waals surface area contributed by atoms with Crippen LogP contribution in [0.1, 0.15) is 20.8 Å². The lowest BCUT2D eigenvalue weighted by molar-refractivity contribution is -0.204. The molecule has 0 radical (unpaired) electrons. The Morgan fingerprint density at radius 1 is 1.00 bits per heavy atom. The van der Waals surface area contributed by atoms with E-state index in [1.165, 1.54) is 13.8 Å². The standard InChI is InChI=1S/C7H11F3/c1-6(2)4(8)5(9)7(6,3)10/h4-5H,1-3H3. The predicted octanol–water partition coefficient (Wildman–Crippen LogP) is 2.43. The first-order chi connectivity index (χ1) is 4.32. The Morgan fingerprint density at radius 3 is 1.50 bits per heavy atom. The molecule has 0 bridgehead atoms. The highest BCUT2D eigenvalue weighted by atomic mass is 19.2. The molecule has 60 valence electrons. The first kappa shape index (κ1) is 7.89. The van der Waals surface area contributed by atoms with Crippen LogP contribution in [0.2, 0.25) is 0 Å². The molecule has 0 nitrogen and oxygen atoms in total. The van der Waals surface area contributed by atoms with E-state index in [0.717, 1.165) is 6.92 Å². The summed E-state index contributed by atoms with van der Waals surface area (Å²) >= 11 is 0. The number of alkyl halides is 3. The van der Waals surface area contributed by atoms with Crippen molar-refractivity contribution >= 4 is 0 Å². The van der Waals surface area contributed by atoms with Gasteiger partial charge in [0.1, 0.15) is 11.8 Å². The molecule has 0 heterocycles. The second-order valence-corrected chi connectivity index (χ2v) is 3.60. The molecule has 0 aromatic heterocycles. The molecule has 0 aromatic carbocycles. The molecule has 3 unspecified atom stereocenters. The average Bonchev–Trinajstić information content (AvgIpc) is 1.84. The van der Waals surface area contributed by atoms with Crippen LogP contribution in [0.25, 0.3) is 0 Å². The molecule has 0 N–H and O–H groups in total. The van der Waals surface area contributed by atoms with Gasteiger partial charge in [-0.05, 0) is 6.92 Å². The molecule has 0 aliphatic heterocycles. The largest absolute Gasteiger partial charge is 0.243 e. The fourth-order valence-corrected chi connectivity index (χ4v) is 1.17. The molecule has 3 atom stereocenters. The molecular formula is C7H11F3. The Balaban J connectivity index is 2.82. The van der Waals surface area contributed by atoms with Crippen LogP contribution in [0.5, 0.6) is 0 Å². The van der Waals surface area contributed by atoms with E-state index in [-0.39, 0.29) is 0 Å². The minimum atomic E-state index is -1.99. The summed E-state index contributed by atoms with van der Waals surface area (Å²) in [5.41, 5.74) is -3.15. The highest BCUT2D eigenvalue weighted by Crippen LogP contribution is 2.55. The summed E-state index contributed by atoms with van der Waals surface area (Å²) in [5.74, 6) is 0. The monoisotopic (exact) mass is 152 g/mol. The first-order valence-electron chi connectivity index (χ1n) is 3.29. The van der Waals surface area contributed by atoms with Crippen molar-refractivity contribution in [3.05, 3.63) is 0 Å². The lowest BCUT2D eigenvalue weighted by atomic mass is 9.58. The smallest absolute Gasteiger partial charge is 0.166 e. The van der Waals surface area contributed by atoms with E-state index in [2.05, 4.69) is 0 Å². The van der Waals surface area contributed by atoms with Crippen molar-refractivity contribution in [3.8, 4) is 0 Å². The summed E-state index contributed by atoms with van der Waals surface area (Å²) in [6, 6.07) is 0. The van der Waals surface area contributed by atoms with E-state index >= 15 is 0 Å². The van der Waals surface area contributed by atoms with Gasteiger partial charge in [-0.3, -0.25) is 0 Å². The number of hydrogen-bond acceptors (Lipinski definition) is 0. The summed E-state index contributed by atoms with van der Waals surface area (Å²) in [6.07, 6.45) is -3.59. The van der Waals surface area contributed by atoms with Gasteiger partial charge >= 0.3 is 0 Å². The van der Waals surface area contributed by atoms with Crippen molar-refractivity contribution in [3.63, 3.8) is 0 Å². The van der Waals surface area contributed by atoms with Crippen molar-refractivity contribution in [1.82, 2.24) is 0 Å². The van der Waals surface area contributed by atoms with Gasteiger partial charge in [0.25, 0.3) is 0 Å². The highest BCUT2D eigenvalue weighted by Gasteiger charge is 2.67. The van der Waals surface area contributed by atoms with E-state index in [1.54, 1.807) is 0 Å². The maximum atomic E-state index is 13.0. The van der Waals surface area contributed by atoms with E-state index in [1.807, 2.05) is 0 Å². The molecule has 1 rings (SSSR count). The number of rotatable bonds is 0. The maximum Gasteiger partial charge on any atom is 0.166 e. The zero-order valence-corrected chi connectivity index (χ0v) is 6.29. The summed E-state index contributed by atoms with van der Waals surface area (Å²) in [6.45, 7) is 3.90. The van der Waals surface area contributed by atoms with Crippen molar-refractivity contribution in [2.45, 2.75) is 38.8 Å². The molecular weight excluding hydrogens is 141 g/mol. The van der Waals surface area contributed by atoms with Crippen molar-refractivity contribution in [2.24, 2.45) is 5.41 Å². The van der Waals surface area contributed by atoms with Crippen LogP contribution >= 0.6 is 0 Å². The minimum Gasteiger partial charge on any atom is -0.243 e. The third kappa shape index (κ3) is 0.584. The molecule has 1 aliphatic carbocycles. The number of halogens is 3. The summed E-state index contributed by atoms with van der Waals surface area (Å²) < 4.78 is 38.0. The minimum absolute atomic E-state index is 1.10. The van der Waals surface area contributed by atoms with Gasteiger partial charge in [-0.15, -0.1) is 0 Å². The fourth-order valence-electron chi connectivity index (χ4n) is 1.17. The summed E-state index contributed by atoms with van der Waals surface area (Å²) in [4.78, 5) is 0. The maximum absolute atomic E-state index is 13.0. The third-order valence-electron chi connectivity index (χ3n) is 2.72. The van der Waals surface area contributed by atoms with Crippen LogP contribution in [-0.4, -0.2) is 18.0 Å². The molecule has 3 heteroatoms. The molecule has 1 aliphatic rings. The van der Waals surface area contributed by atoms with Gasteiger partial charge < -0.3 is 0 Å². The molecule has 0 aromatic rings. The van der Waals surface area contributed by atoms with E-state index in [9.17, 15) is 13.2 Å². The first-order valence-corrected chi connectivity index (χ1v) is 3.29. The number of hydrogen-bond donors (Lipinski definition) is 0. The Bertz CT molecular complexity index is 133. The Morgan fingerprint density at radius 2 is 1.40 bits per heavy atom. The predicted molar refractivity (Wildman–Crippen MR) is 33.1 cm³/mol. The Kier molecular flexibility index (Phi) is 1.33. The van der Waals surface area contributed by atoms with Crippen LogP contribution < -0.4 is 0 Å². The van der Waals surface area contributed by atoms with Gasteiger partial charge in [-0.25, -0.2) is 13.2 Å². The van der Waals surface area contributed by atoms with Crippen LogP contribution in [-0.2, 0) is 0 Å². The third-order valence-corrected chi connectivity index (χ3v) is 2.72. The second-order valence-electron chi connectivity index (χ2n) is 3.60. The molecule has 10 heavy (non-hydrogen) atoms. The van der Waals surface area contributed by atoms with Gasteiger partial charge in [0.05, 0.1) is 0 Å². The molecule has 1 fully saturated rings. The van der Waals surface area contributed by atoms with E-state index < -0.39 is 23.4 Å². The quantitative estimate of drug-likeness (QED) is 0.500. The van der Waals surface area contributed by atoms with Crippen LogP contribution in [0.3, 0.4) is 0 Å². The van der Waals surface area contributed by atoms with Crippen molar-refractivity contribution < 1.29 is 13.2 Å².